The van der Waals surface area contributed by atoms with Crippen LogP contribution in [0.2, 0.25) is 0 Å². The highest BCUT2D eigenvalue weighted by Crippen LogP contribution is 2.04. The van der Waals surface area contributed by atoms with E-state index in [9.17, 15) is 4.79 Å². The fourth-order valence-corrected chi connectivity index (χ4v) is 1.33. The molecule has 0 aromatic heterocycles. The molecule has 1 aliphatic rings. The number of carbonyl (C=O) groups excluding carboxylic acids is 1. The van der Waals surface area contributed by atoms with Crippen molar-refractivity contribution in [2.75, 3.05) is 19.6 Å². The maximum atomic E-state index is 10.9. The summed E-state index contributed by atoms with van der Waals surface area (Å²) >= 11 is 5.36. The van der Waals surface area contributed by atoms with Gasteiger partial charge in [-0.1, -0.05) is 17.7 Å². The molecular weight excluding hydrogens is 162 g/mol. The molecule has 0 saturated carbocycles. The number of likely N-dealkylation sites (tertiary alicyclic amines) is 1. The third-order valence-electron chi connectivity index (χ3n) is 1.78. The van der Waals surface area contributed by atoms with Crippen molar-refractivity contribution in [3.05, 3.63) is 11.6 Å². The number of hydrogen-bond donors (Lipinski definition) is 0. The second kappa shape index (κ2) is 4.52. The summed E-state index contributed by atoms with van der Waals surface area (Å²) in [5.74, 6) is 0.347. The lowest BCUT2D eigenvalue weighted by molar-refractivity contribution is -0.121. The number of nitrogens with zero attached hydrogens (tertiary/aromatic N) is 1. The van der Waals surface area contributed by atoms with Gasteiger partial charge in [0.15, 0.2) is 0 Å². The Bertz CT molecular complexity index is 167. The Morgan fingerprint density at radius 3 is 3.09 bits per heavy atom. The van der Waals surface area contributed by atoms with E-state index in [1.54, 1.807) is 0 Å². The van der Waals surface area contributed by atoms with Gasteiger partial charge in [0, 0.05) is 18.5 Å². The Morgan fingerprint density at radius 1 is 1.64 bits per heavy atom. The van der Waals surface area contributed by atoms with E-state index in [0.29, 0.717) is 12.3 Å². The largest absolute Gasteiger partial charge is 0.298 e. The predicted molar refractivity (Wildman–Crippen MR) is 45.7 cm³/mol. The van der Waals surface area contributed by atoms with E-state index in [2.05, 4.69) is 4.90 Å². The first-order chi connectivity index (χ1) is 5.33. The number of rotatable bonds is 2. The zero-order chi connectivity index (χ0) is 8.10. The Labute approximate surface area is 71.8 Å². The molecule has 0 atom stereocenters. The van der Waals surface area contributed by atoms with Crippen molar-refractivity contribution >= 4 is 17.4 Å². The van der Waals surface area contributed by atoms with Crippen molar-refractivity contribution in [2.24, 2.45) is 0 Å². The van der Waals surface area contributed by atoms with Crippen LogP contribution in [0.4, 0.5) is 0 Å². The molecule has 1 saturated heterocycles. The van der Waals surface area contributed by atoms with Crippen LogP contribution in [-0.4, -0.2) is 30.3 Å². The van der Waals surface area contributed by atoms with Gasteiger partial charge in [0.25, 0.3) is 0 Å². The average molecular weight is 174 g/mol. The molecule has 0 unspecified atom stereocenters. The van der Waals surface area contributed by atoms with Crippen molar-refractivity contribution in [3.8, 4) is 0 Å². The number of halogens is 1. The minimum atomic E-state index is 0.347. The van der Waals surface area contributed by atoms with E-state index in [0.717, 1.165) is 25.9 Å². The Hall–Kier alpha value is -0.340. The van der Waals surface area contributed by atoms with Gasteiger partial charge in [-0.05, 0) is 13.0 Å². The second-order valence-corrected chi connectivity index (χ2v) is 2.99. The van der Waals surface area contributed by atoms with E-state index in [4.69, 9.17) is 11.6 Å². The van der Waals surface area contributed by atoms with Crippen LogP contribution in [-0.2, 0) is 4.79 Å². The fraction of sp³-hybridized carbons (Fsp3) is 0.625. The summed E-state index contributed by atoms with van der Waals surface area (Å²) in [6.07, 6.45) is 3.61. The molecule has 0 radical (unpaired) electrons. The van der Waals surface area contributed by atoms with Gasteiger partial charge in [-0.15, -0.1) is 0 Å². The molecule has 1 aliphatic heterocycles. The Kier molecular flexibility index (Phi) is 3.60. The molecule has 2 nitrogen and oxygen atoms in total. The smallest absolute Gasteiger partial charge is 0.146 e. The SMILES string of the molecule is O=C1CCCN(C/C=C/Cl)C1. The van der Waals surface area contributed by atoms with Gasteiger partial charge in [-0.2, -0.15) is 0 Å². The van der Waals surface area contributed by atoms with Crippen LogP contribution in [0.5, 0.6) is 0 Å². The van der Waals surface area contributed by atoms with Crippen LogP contribution in [0.1, 0.15) is 12.8 Å². The third kappa shape index (κ3) is 3.04. The summed E-state index contributed by atoms with van der Waals surface area (Å²) in [4.78, 5) is 13.0. The second-order valence-electron chi connectivity index (χ2n) is 2.74. The lowest BCUT2D eigenvalue weighted by Crippen LogP contribution is -2.35. The molecule has 0 bridgehead atoms. The van der Waals surface area contributed by atoms with E-state index < -0.39 is 0 Å². The first kappa shape index (κ1) is 8.75. The number of carbonyl (C=O) groups is 1. The van der Waals surface area contributed by atoms with Gasteiger partial charge in [-0.25, -0.2) is 0 Å². The summed E-state index contributed by atoms with van der Waals surface area (Å²) in [5.41, 5.74) is 1.50. The predicted octanol–water partition coefficient (Wildman–Crippen LogP) is 1.40. The van der Waals surface area contributed by atoms with Crippen molar-refractivity contribution in [1.82, 2.24) is 4.90 Å². The first-order valence-electron chi connectivity index (χ1n) is 3.82. The van der Waals surface area contributed by atoms with Gasteiger partial charge >= 0.3 is 0 Å². The summed E-state index contributed by atoms with van der Waals surface area (Å²) in [6.45, 7) is 2.42. The van der Waals surface area contributed by atoms with Crippen LogP contribution in [0, 0.1) is 0 Å². The number of hydrogen-bond acceptors (Lipinski definition) is 2. The normalized spacial score (nSPS) is 21.4. The minimum Gasteiger partial charge on any atom is -0.298 e. The van der Waals surface area contributed by atoms with Gasteiger partial charge < -0.3 is 0 Å². The zero-order valence-corrected chi connectivity index (χ0v) is 7.18. The highest BCUT2D eigenvalue weighted by atomic mass is 35.5. The molecule has 0 spiro atoms. The van der Waals surface area contributed by atoms with Gasteiger partial charge in [0.05, 0.1) is 6.54 Å². The van der Waals surface area contributed by atoms with Gasteiger partial charge in [-0.3, -0.25) is 9.69 Å². The molecule has 3 heteroatoms. The molecule has 1 heterocycles. The Balaban J connectivity index is 2.28. The summed E-state index contributed by atoms with van der Waals surface area (Å²) in [5, 5.41) is 0. The Morgan fingerprint density at radius 2 is 2.45 bits per heavy atom. The zero-order valence-electron chi connectivity index (χ0n) is 6.42. The maximum Gasteiger partial charge on any atom is 0.146 e. The van der Waals surface area contributed by atoms with Crippen LogP contribution in [0.25, 0.3) is 0 Å². The fourth-order valence-electron chi connectivity index (χ4n) is 1.25. The molecule has 0 aromatic carbocycles. The van der Waals surface area contributed by atoms with E-state index >= 15 is 0 Å². The van der Waals surface area contributed by atoms with Crippen molar-refractivity contribution in [3.63, 3.8) is 0 Å². The summed E-state index contributed by atoms with van der Waals surface area (Å²) in [7, 11) is 0. The summed E-state index contributed by atoms with van der Waals surface area (Å²) < 4.78 is 0. The number of Topliss-reactive ketones (excluding diaryl/α,β-unsaturated/α-hetero) is 1. The van der Waals surface area contributed by atoms with Crippen LogP contribution in [0.3, 0.4) is 0 Å². The molecule has 0 N–H and O–H groups in total. The lowest BCUT2D eigenvalue weighted by atomic mass is 10.1. The third-order valence-corrected chi connectivity index (χ3v) is 1.96. The average Bonchev–Trinajstić information content (AvgIpc) is 2.01. The maximum absolute atomic E-state index is 10.9. The molecule has 1 rings (SSSR count). The molecule has 0 aliphatic carbocycles. The number of piperidine rings is 1. The lowest BCUT2D eigenvalue weighted by Gasteiger charge is -2.23. The topological polar surface area (TPSA) is 20.3 Å². The highest BCUT2D eigenvalue weighted by Gasteiger charge is 2.14. The minimum absolute atomic E-state index is 0.347. The van der Waals surface area contributed by atoms with Gasteiger partial charge in [0.2, 0.25) is 0 Å². The van der Waals surface area contributed by atoms with E-state index in [1.165, 1.54) is 5.54 Å². The molecule has 0 amide bonds. The molecule has 11 heavy (non-hydrogen) atoms. The molecule has 62 valence electrons. The molecule has 0 aromatic rings. The van der Waals surface area contributed by atoms with Gasteiger partial charge in [0.1, 0.15) is 5.78 Å². The van der Waals surface area contributed by atoms with Crippen LogP contribution in [0.15, 0.2) is 11.6 Å². The van der Waals surface area contributed by atoms with Crippen LogP contribution < -0.4 is 0 Å². The standard InChI is InChI=1S/C8H12ClNO/c9-4-2-6-10-5-1-3-8(11)7-10/h2,4H,1,3,5-7H2/b4-2+. The molecule has 1 fully saturated rings. The monoisotopic (exact) mass is 173 g/mol. The van der Waals surface area contributed by atoms with E-state index in [1.807, 2.05) is 6.08 Å². The van der Waals surface area contributed by atoms with Crippen molar-refractivity contribution in [1.29, 1.82) is 0 Å². The molecular formula is C8H12ClNO. The summed E-state index contributed by atoms with van der Waals surface area (Å²) in [6, 6.07) is 0. The van der Waals surface area contributed by atoms with E-state index in [-0.39, 0.29) is 0 Å². The van der Waals surface area contributed by atoms with Crippen molar-refractivity contribution < 1.29 is 4.79 Å². The van der Waals surface area contributed by atoms with Crippen LogP contribution >= 0.6 is 11.6 Å². The highest BCUT2D eigenvalue weighted by molar-refractivity contribution is 6.25. The number of ketones is 1. The first-order valence-corrected chi connectivity index (χ1v) is 4.26. The van der Waals surface area contributed by atoms with Crippen molar-refractivity contribution in [2.45, 2.75) is 12.8 Å². The quantitative estimate of drug-likeness (QED) is 0.630.